The molecular formula is C14H7Cl3F3NO. The number of alkyl halides is 3. The number of amides is 1. The van der Waals surface area contributed by atoms with Crippen LogP contribution in [0.4, 0.5) is 18.9 Å². The second-order valence-corrected chi connectivity index (χ2v) is 5.46. The summed E-state index contributed by atoms with van der Waals surface area (Å²) in [5, 5.41) is 2.16. The van der Waals surface area contributed by atoms with Gasteiger partial charge in [0.1, 0.15) is 0 Å². The van der Waals surface area contributed by atoms with E-state index in [0.717, 1.165) is 12.1 Å². The fourth-order valence-corrected chi connectivity index (χ4v) is 2.29. The maximum atomic E-state index is 13.0. The Labute approximate surface area is 138 Å². The molecule has 8 heteroatoms. The molecule has 1 amide bonds. The van der Waals surface area contributed by atoms with Crippen molar-refractivity contribution in [2.45, 2.75) is 6.18 Å². The minimum Gasteiger partial charge on any atom is -0.321 e. The molecule has 2 aromatic rings. The van der Waals surface area contributed by atoms with Gasteiger partial charge in [0.2, 0.25) is 0 Å². The third kappa shape index (κ3) is 3.66. The van der Waals surface area contributed by atoms with Gasteiger partial charge >= 0.3 is 6.18 Å². The maximum Gasteiger partial charge on any atom is 0.418 e. The third-order valence-electron chi connectivity index (χ3n) is 2.73. The van der Waals surface area contributed by atoms with Gasteiger partial charge in [0.05, 0.1) is 26.9 Å². The van der Waals surface area contributed by atoms with Crippen LogP contribution < -0.4 is 5.32 Å². The van der Waals surface area contributed by atoms with Crippen molar-refractivity contribution in [1.29, 1.82) is 0 Å². The molecule has 0 aliphatic heterocycles. The van der Waals surface area contributed by atoms with Crippen LogP contribution in [0.2, 0.25) is 15.1 Å². The largest absolute Gasteiger partial charge is 0.418 e. The second kappa shape index (κ2) is 6.36. The van der Waals surface area contributed by atoms with Gasteiger partial charge in [-0.05, 0) is 30.3 Å². The van der Waals surface area contributed by atoms with Gasteiger partial charge in [-0.1, -0.05) is 40.9 Å². The lowest BCUT2D eigenvalue weighted by atomic mass is 10.1. The van der Waals surface area contributed by atoms with E-state index in [4.69, 9.17) is 34.8 Å². The number of nitrogens with one attached hydrogen (secondary N) is 1. The average Bonchev–Trinajstić information content (AvgIpc) is 2.42. The molecule has 0 heterocycles. The summed E-state index contributed by atoms with van der Waals surface area (Å²) in [5.74, 6) is -0.805. The summed E-state index contributed by atoms with van der Waals surface area (Å²) in [6, 6.07) is 7.33. The van der Waals surface area contributed by atoms with E-state index in [0.29, 0.717) is 0 Å². The Bertz CT molecular complexity index is 732. The topological polar surface area (TPSA) is 29.1 Å². The molecule has 1 N–H and O–H groups in total. The molecule has 0 saturated heterocycles. The molecule has 0 spiro atoms. The predicted octanol–water partition coefficient (Wildman–Crippen LogP) is 5.92. The number of hydrogen-bond donors (Lipinski definition) is 1. The predicted molar refractivity (Wildman–Crippen MR) is 80.9 cm³/mol. The van der Waals surface area contributed by atoms with Gasteiger partial charge in [-0.15, -0.1) is 0 Å². The number of halogens is 6. The fourth-order valence-electron chi connectivity index (χ4n) is 1.73. The first-order chi connectivity index (χ1) is 10.2. The van der Waals surface area contributed by atoms with Crippen LogP contribution in [-0.2, 0) is 6.18 Å². The lowest BCUT2D eigenvalue weighted by Crippen LogP contribution is -2.17. The normalized spacial score (nSPS) is 11.4. The van der Waals surface area contributed by atoms with Crippen LogP contribution in [0.5, 0.6) is 0 Å². The molecule has 0 unspecified atom stereocenters. The van der Waals surface area contributed by atoms with Crippen LogP contribution in [-0.4, -0.2) is 5.91 Å². The molecule has 0 radical (unpaired) electrons. The van der Waals surface area contributed by atoms with Crippen molar-refractivity contribution in [2.75, 3.05) is 5.32 Å². The Morgan fingerprint density at radius 3 is 2.36 bits per heavy atom. The SMILES string of the molecule is O=C(Nc1ccc(Cl)cc1C(F)(F)F)c1cccc(Cl)c1Cl. The molecule has 116 valence electrons. The second-order valence-electron chi connectivity index (χ2n) is 4.24. The fraction of sp³-hybridized carbons (Fsp3) is 0.0714. The lowest BCUT2D eigenvalue weighted by molar-refractivity contribution is -0.136. The molecule has 0 fully saturated rings. The summed E-state index contributed by atoms with van der Waals surface area (Å²) in [5.41, 5.74) is -1.50. The summed E-state index contributed by atoms with van der Waals surface area (Å²) in [6.07, 6.45) is -4.66. The molecular weight excluding hydrogens is 362 g/mol. The summed E-state index contributed by atoms with van der Waals surface area (Å²) >= 11 is 17.2. The van der Waals surface area contributed by atoms with Crippen molar-refractivity contribution >= 4 is 46.4 Å². The van der Waals surface area contributed by atoms with Crippen molar-refractivity contribution in [2.24, 2.45) is 0 Å². The average molecular weight is 369 g/mol. The van der Waals surface area contributed by atoms with E-state index in [-0.39, 0.29) is 20.6 Å². The Balaban J connectivity index is 2.39. The molecule has 0 saturated carbocycles. The van der Waals surface area contributed by atoms with Gasteiger partial charge in [-0.2, -0.15) is 13.2 Å². The minimum atomic E-state index is -4.66. The summed E-state index contributed by atoms with van der Waals surface area (Å²) in [6.45, 7) is 0. The van der Waals surface area contributed by atoms with E-state index >= 15 is 0 Å². The highest BCUT2D eigenvalue weighted by Gasteiger charge is 2.34. The number of anilines is 1. The van der Waals surface area contributed by atoms with Gasteiger partial charge in [0.25, 0.3) is 5.91 Å². The van der Waals surface area contributed by atoms with Gasteiger partial charge in [-0.3, -0.25) is 4.79 Å². The molecule has 0 aliphatic rings. The monoisotopic (exact) mass is 367 g/mol. The van der Waals surface area contributed by atoms with Crippen LogP contribution in [0.3, 0.4) is 0 Å². The number of carbonyl (C=O) groups is 1. The van der Waals surface area contributed by atoms with E-state index in [1.807, 2.05) is 0 Å². The van der Waals surface area contributed by atoms with Gasteiger partial charge < -0.3 is 5.32 Å². The van der Waals surface area contributed by atoms with Crippen LogP contribution >= 0.6 is 34.8 Å². The van der Waals surface area contributed by atoms with Gasteiger partial charge in [-0.25, -0.2) is 0 Å². The van der Waals surface area contributed by atoms with E-state index in [1.54, 1.807) is 0 Å². The van der Waals surface area contributed by atoms with Crippen molar-refractivity contribution in [3.63, 3.8) is 0 Å². The zero-order chi connectivity index (χ0) is 16.5. The number of benzene rings is 2. The molecule has 2 aromatic carbocycles. The number of rotatable bonds is 2. The number of carbonyl (C=O) groups excluding carboxylic acids is 1. The first-order valence-electron chi connectivity index (χ1n) is 5.82. The van der Waals surface area contributed by atoms with Crippen LogP contribution in [0.25, 0.3) is 0 Å². The van der Waals surface area contributed by atoms with Crippen molar-refractivity contribution < 1.29 is 18.0 Å². The Hall–Kier alpha value is -1.43. The molecule has 22 heavy (non-hydrogen) atoms. The first kappa shape index (κ1) is 16.9. The quantitative estimate of drug-likeness (QED) is 0.700. The molecule has 2 nitrogen and oxygen atoms in total. The van der Waals surface area contributed by atoms with E-state index < -0.39 is 23.3 Å². The van der Waals surface area contributed by atoms with Crippen molar-refractivity contribution in [1.82, 2.24) is 0 Å². The summed E-state index contributed by atoms with van der Waals surface area (Å²) in [4.78, 5) is 12.1. The first-order valence-corrected chi connectivity index (χ1v) is 6.95. The zero-order valence-electron chi connectivity index (χ0n) is 10.6. The van der Waals surface area contributed by atoms with E-state index in [2.05, 4.69) is 5.32 Å². The van der Waals surface area contributed by atoms with Crippen molar-refractivity contribution in [3.05, 3.63) is 62.6 Å². The summed E-state index contributed by atoms with van der Waals surface area (Å²) < 4.78 is 38.9. The van der Waals surface area contributed by atoms with Gasteiger partial charge in [0, 0.05) is 5.02 Å². The molecule has 0 aromatic heterocycles. The molecule has 0 atom stereocenters. The Kier molecular flexibility index (Phi) is 4.90. The Morgan fingerprint density at radius 2 is 1.73 bits per heavy atom. The molecule has 0 bridgehead atoms. The minimum absolute atomic E-state index is 0.0303. The zero-order valence-corrected chi connectivity index (χ0v) is 12.9. The van der Waals surface area contributed by atoms with E-state index in [1.165, 1.54) is 24.3 Å². The van der Waals surface area contributed by atoms with Crippen molar-refractivity contribution in [3.8, 4) is 0 Å². The lowest BCUT2D eigenvalue weighted by Gasteiger charge is -2.14. The van der Waals surface area contributed by atoms with Crippen LogP contribution in [0.15, 0.2) is 36.4 Å². The molecule has 2 rings (SSSR count). The standard InChI is InChI=1S/C14H7Cl3F3NO/c15-7-4-5-11(9(6-7)14(18,19)20)21-13(22)8-2-1-3-10(16)12(8)17/h1-6H,(H,21,22). The molecule has 0 aliphatic carbocycles. The third-order valence-corrected chi connectivity index (χ3v) is 3.79. The Morgan fingerprint density at radius 1 is 1.05 bits per heavy atom. The van der Waals surface area contributed by atoms with Gasteiger partial charge in [0.15, 0.2) is 0 Å². The van der Waals surface area contributed by atoms with Crippen LogP contribution in [0, 0.1) is 0 Å². The highest BCUT2D eigenvalue weighted by molar-refractivity contribution is 6.44. The van der Waals surface area contributed by atoms with E-state index in [9.17, 15) is 18.0 Å². The number of hydrogen-bond acceptors (Lipinski definition) is 1. The highest BCUT2D eigenvalue weighted by Crippen LogP contribution is 2.37. The highest BCUT2D eigenvalue weighted by atomic mass is 35.5. The maximum absolute atomic E-state index is 13.0. The smallest absolute Gasteiger partial charge is 0.321 e. The summed E-state index contributed by atoms with van der Waals surface area (Å²) in [7, 11) is 0. The van der Waals surface area contributed by atoms with Crippen LogP contribution in [0.1, 0.15) is 15.9 Å².